The van der Waals surface area contributed by atoms with Gasteiger partial charge in [-0.2, -0.15) is 0 Å². The van der Waals surface area contributed by atoms with Gasteiger partial charge in [0.1, 0.15) is 17.1 Å². The molecule has 0 saturated carbocycles. The molecule has 0 aliphatic heterocycles. The number of hydrogen-bond donors (Lipinski definition) is 3. The number of rotatable bonds is 5. The highest BCUT2D eigenvalue weighted by Crippen LogP contribution is 2.38. The van der Waals surface area contributed by atoms with Crippen molar-refractivity contribution in [2.45, 2.75) is 6.92 Å². The Morgan fingerprint density at radius 3 is 2.27 bits per heavy atom. The van der Waals surface area contributed by atoms with Crippen molar-refractivity contribution in [3.63, 3.8) is 0 Å². The lowest BCUT2D eigenvalue weighted by Gasteiger charge is -2.11. The molecule has 0 spiro atoms. The van der Waals surface area contributed by atoms with E-state index in [1.165, 1.54) is 18.2 Å². The minimum Gasteiger partial charge on any atom is -0.505 e. The van der Waals surface area contributed by atoms with Crippen molar-refractivity contribution in [2.75, 3.05) is 13.1 Å². The Balaban J connectivity index is 1.93. The normalized spacial score (nSPS) is 10.5. The summed E-state index contributed by atoms with van der Waals surface area (Å²) in [6, 6.07) is 5.35. The molecule has 2 aromatic rings. The molecule has 0 saturated heterocycles. The van der Waals surface area contributed by atoms with Crippen LogP contribution in [0.25, 0.3) is 0 Å². The van der Waals surface area contributed by atoms with Gasteiger partial charge in [-0.05, 0) is 30.7 Å². The van der Waals surface area contributed by atoms with E-state index >= 15 is 0 Å². The van der Waals surface area contributed by atoms with Crippen molar-refractivity contribution >= 4 is 46.6 Å². The minimum atomic E-state index is -0.701. The number of phenols is 1. The maximum Gasteiger partial charge on any atom is 0.256 e. The molecular formula is C17H14Cl3FN2O3. The fourth-order valence-electron chi connectivity index (χ4n) is 2.07. The van der Waals surface area contributed by atoms with Crippen LogP contribution in [0, 0.1) is 12.7 Å². The number of carbonyl (C=O) groups is 2. The van der Waals surface area contributed by atoms with Crippen molar-refractivity contribution in [3.8, 4) is 5.75 Å². The summed E-state index contributed by atoms with van der Waals surface area (Å²) in [5.74, 6) is -2.15. The van der Waals surface area contributed by atoms with Gasteiger partial charge in [0.2, 0.25) is 0 Å². The number of phenolic OH excluding ortho intramolecular Hbond substituents is 1. The van der Waals surface area contributed by atoms with Crippen molar-refractivity contribution in [1.29, 1.82) is 0 Å². The first-order chi connectivity index (χ1) is 12.2. The van der Waals surface area contributed by atoms with Crippen LogP contribution in [0.1, 0.15) is 26.3 Å². The fraction of sp³-hybridized carbons (Fsp3) is 0.176. The number of halogens is 4. The van der Waals surface area contributed by atoms with Crippen LogP contribution in [0.2, 0.25) is 15.1 Å². The Kier molecular flexibility index (Phi) is 6.69. The zero-order valence-corrected chi connectivity index (χ0v) is 15.8. The molecule has 0 bridgehead atoms. The second-order valence-corrected chi connectivity index (χ2v) is 6.55. The second kappa shape index (κ2) is 8.58. The topological polar surface area (TPSA) is 78.4 Å². The first kappa shape index (κ1) is 20.3. The van der Waals surface area contributed by atoms with Crippen LogP contribution in [-0.2, 0) is 0 Å². The number of hydrogen-bond acceptors (Lipinski definition) is 3. The minimum absolute atomic E-state index is 0.0225. The van der Waals surface area contributed by atoms with Gasteiger partial charge in [0.25, 0.3) is 11.8 Å². The summed E-state index contributed by atoms with van der Waals surface area (Å²) >= 11 is 17.5. The van der Waals surface area contributed by atoms with Gasteiger partial charge < -0.3 is 15.7 Å². The molecule has 2 amide bonds. The zero-order valence-electron chi connectivity index (χ0n) is 13.5. The number of aromatic hydroxyl groups is 1. The zero-order chi connectivity index (χ0) is 19.4. The highest BCUT2D eigenvalue weighted by Gasteiger charge is 2.21. The number of benzene rings is 2. The first-order valence-corrected chi connectivity index (χ1v) is 8.54. The third-order valence-corrected chi connectivity index (χ3v) is 4.58. The summed E-state index contributed by atoms with van der Waals surface area (Å²) in [6.07, 6.45) is 0. The van der Waals surface area contributed by atoms with Crippen LogP contribution >= 0.6 is 34.8 Å². The highest BCUT2D eigenvalue weighted by atomic mass is 35.5. The largest absolute Gasteiger partial charge is 0.505 e. The quantitative estimate of drug-likeness (QED) is 0.507. The molecular weight excluding hydrogens is 406 g/mol. The SMILES string of the molecule is Cc1ccc(C(=O)NCCNC(=O)c2c(O)c(Cl)cc(Cl)c2Cl)cc1F. The molecule has 5 nitrogen and oxygen atoms in total. The van der Waals surface area contributed by atoms with E-state index in [9.17, 15) is 19.1 Å². The summed E-state index contributed by atoms with van der Waals surface area (Å²) in [6.45, 7) is 1.71. The molecule has 0 radical (unpaired) electrons. The van der Waals surface area contributed by atoms with Crippen LogP contribution in [0.5, 0.6) is 5.75 Å². The van der Waals surface area contributed by atoms with Gasteiger partial charge in [-0.15, -0.1) is 0 Å². The lowest BCUT2D eigenvalue weighted by molar-refractivity contribution is 0.0926. The molecule has 0 heterocycles. The smallest absolute Gasteiger partial charge is 0.256 e. The summed E-state index contributed by atoms with van der Waals surface area (Å²) in [5, 5.41) is 14.7. The van der Waals surface area contributed by atoms with E-state index < -0.39 is 23.4 Å². The lowest BCUT2D eigenvalue weighted by Crippen LogP contribution is -2.34. The van der Waals surface area contributed by atoms with Crippen LogP contribution < -0.4 is 10.6 Å². The molecule has 0 aliphatic rings. The van der Waals surface area contributed by atoms with Crippen LogP contribution in [0.15, 0.2) is 24.3 Å². The Labute approximate surface area is 164 Å². The Morgan fingerprint density at radius 2 is 1.65 bits per heavy atom. The van der Waals surface area contributed by atoms with Gasteiger partial charge in [0, 0.05) is 18.7 Å². The maximum atomic E-state index is 13.5. The molecule has 0 fully saturated rings. The van der Waals surface area contributed by atoms with Crippen molar-refractivity contribution in [1.82, 2.24) is 10.6 Å². The van der Waals surface area contributed by atoms with Crippen LogP contribution in [-0.4, -0.2) is 30.0 Å². The van der Waals surface area contributed by atoms with Gasteiger partial charge in [-0.1, -0.05) is 40.9 Å². The molecule has 0 unspecified atom stereocenters. The molecule has 0 aliphatic carbocycles. The Hall–Kier alpha value is -2.02. The maximum absolute atomic E-state index is 13.5. The molecule has 26 heavy (non-hydrogen) atoms. The van der Waals surface area contributed by atoms with E-state index in [2.05, 4.69) is 10.6 Å². The Morgan fingerprint density at radius 1 is 1.04 bits per heavy atom. The van der Waals surface area contributed by atoms with Crippen molar-refractivity contribution < 1.29 is 19.1 Å². The van der Waals surface area contributed by atoms with E-state index in [0.717, 1.165) is 6.07 Å². The molecule has 9 heteroatoms. The summed E-state index contributed by atoms with van der Waals surface area (Å²) in [7, 11) is 0. The number of carbonyl (C=O) groups excluding carboxylic acids is 2. The van der Waals surface area contributed by atoms with Crippen LogP contribution in [0.3, 0.4) is 0 Å². The molecule has 0 atom stereocenters. The lowest BCUT2D eigenvalue weighted by atomic mass is 10.1. The second-order valence-electron chi connectivity index (χ2n) is 5.35. The first-order valence-electron chi connectivity index (χ1n) is 7.41. The van der Waals surface area contributed by atoms with Crippen molar-refractivity contribution in [3.05, 3.63) is 61.8 Å². The predicted octanol–water partition coefficient (Wildman–Crippen LogP) is 3.96. The predicted molar refractivity (Wildman–Crippen MR) is 98.9 cm³/mol. The van der Waals surface area contributed by atoms with Crippen LogP contribution in [0.4, 0.5) is 4.39 Å². The monoisotopic (exact) mass is 418 g/mol. The third kappa shape index (κ3) is 4.58. The van der Waals surface area contributed by atoms with Gasteiger partial charge >= 0.3 is 0 Å². The van der Waals surface area contributed by atoms with Crippen molar-refractivity contribution in [2.24, 2.45) is 0 Å². The average Bonchev–Trinajstić information content (AvgIpc) is 2.59. The van der Waals surface area contributed by atoms with Gasteiger partial charge in [0.15, 0.2) is 0 Å². The molecule has 2 rings (SSSR count). The molecule has 3 N–H and O–H groups in total. The van der Waals surface area contributed by atoms with E-state index in [-0.39, 0.29) is 39.3 Å². The van der Waals surface area contributed by atoms with Gasteiger partial charge in [-0.25, -0.2) is 4.39 Å². The number of nitrogens with one attached hydrogen (secondary N) is 2. The molecule has 0 aromatic heterocycles. The summed E-state index contributed by atoms with van der Waals surface area (Å²) in [5.41, 5.74) is 0.350. The van der Waals surface area contributed by atoms with E-state index in [0.29, 0.717) is 5.56 Å². The van der Waals surface area contributed by atoms with Gasteiger partial charge in [-0.3, -0.25) is 9.59 Å². The number of amides is 2. The standard InChI is InChI=1S/C17H14Cl3FN2O3/c1-8-2-3-9(6-12(8)21)16(25)22-4-5-23-17(26)13-14(20)10(18)7-11(19)15(13)24/h2-3,6-7,24H,4-5H2,1H3,(H,22,25)(H,23,26). The molecule has 2 aromatic carbocycles. The van der Waals surface area contributed by atoms with E-state index in [1.807, 2.05) is 0 Å². The molecule has 138 valence electrons. The summed E-state index contributed by atoms with van der Waals surface area (Å²) < 4.78 is 13.5. The number of aryl methyl sites for hydroxylation is 1. The Bertz CT molecular complexity index is 849. The average molecular weight is 420 g/mol. The van der Waals surface area contributed by atoms with E-state index in [4.69, 9.17) is 34.8 Å². The highest BCUT2D eigenvalue weighted by molar-refractivity contribution is 6.45. The third-order valence-electron chi connectivity index (χ3n) is 3.50. The van der Waals surface area contributed by atoms with Gasteiger partial charge in [0.05, 0.1) is 15.1 Å². The summed E-state index contributed by atoms with van der Waals surface area (Å²) in [4.78, 5) is 24.1. The van der Waals surface area contributed by atoms with E-state index in [1.54, 1.807) is 6.92 Å². The fourth-order valence-corrected chi connectivity index (χ4v) is 2.76.